The quantitative estimate of drug-likeness (QED) is 0.802. The minimum absolute atomic E-state index is 0.200. The molecule has 0 aliphatic carbocycles. The SMILES string of the molecule is COc1ccc2c(c1)O[C@@H](Cn1ncccc1=O)CC2=N[S@@](=O)C(C)(C)C. The number of hydrogen-bond acceptors (Lipinski definition) is 5. The van der Waals surface area contributed by atoms with Crippen molar-refractivity contribution in [2.75, 3.05) is 7.11 Å². The molecule has 8 heteroatoms. The Morgan fingerprint density at radius 2 is 2.15 bits per heavy atom. The molecular weight excluding hydrogens is 366 g/mol. The number of nitrogens with zero attached hydrogens (tertiary/aromatic N) is 3. The van der Waals surface area contributed by atoms with Crippen molar-refractivity contribution in [1.29, 1.82) is 0 Å². The summed E-state index contributed by atoms with van der Waals surface area (Å²) in [5.74, 6) is 1.25. The van der Waals surface area contributed by atoms with Crippen LogP contribution in [0.4, 0.5) is 0 Å². The van der Waals surface area contributed by atoms with E-state index in [2.05, 4.69) is 9.50 Å². The standard InChI is InChI=1S/C19H23N3O4S/c1-19(2,3)27(24)21-16-10-14(12-22-18(23)6-5-9-20-22)26-17-11-13(25-4)7-8-15(16)17/h5-9,11,14H,10,12H2,1-4H3/t14-,27+/m1/s1. The highest BCUT2D eigenvalue weighted by Gasteiger charge is 2.28. The number of methoxy groups -OCH3 is 1. The van der Waals surface area contributed by atoms with Crippen molar-refractivity contribution in [2.24, 2.45) is 4.40 Å². The molecule has 2 aromatic rings. The van der Waals surface area contributed by atoms with E-state index in [4.69, 9.17) is 9.47 Å². The van der Waals surface area contributed by atoms with Crippen LogP contribution in [0.3, 0.4) is 0 Å². The molecule has 0 fully saturated rings. The molecule has 1 aromatic heterocycles. The van der Waals surface area contributed by atoms with Crippen LogP contribution in [-0.4, -0.2) is 37.7 Å². The van der Waals surface area contributed by atoms with E-state index in [0.717, 1.165) is 5.56 Å². The maximum absolute atomic E-state index is 12.6. The van der Waals surface area contributed by atoms with E-state index in [0.29, 0.717) is 23.6 Å². The van der Waals surface area contributed by atoms with Gasteiger partial charge in [0.1, 0.15) is 28.6 Å². The van der Waals surface area contributed by atoms with Crippen molar-refractivity contribution in [3.8, 4) is 11.5 Å². The van der Waals surface area contributed by atoms with Crippen LogP contribution < -0.4 is 15.0 Å². The summed E-state index contributed by atoms with van der Waals surface area (Å²) in [6, 6.07) is 8.51. The van der Waals surface area contributed by atoms with Gasteiger partial charge in [-0.1, -0.05) is 0 Å². The van der Waals surface area contributed by atoms with Crippen LogP contribution in [0.2, 0.25) is 0 Å². The minimum Gasteiger partial charge on any atom is -0.497 e. The van der Waals surface area contributed by atoms with Crippen LogP contribution in [0.1, 0.15) is 32.8 Å². The Hall–Kier alpha value is -2.48. The minimum atomic E-state index is -1.40. The Labute approximate surface area is 160 Å². The molecule has 0 spiro atoms. The molecule has 144 valence electrons. The largest absolute Gasteiger partial charge is 0.497 e. The van der Waals surface area contributed by atoms with Gasteiger partial charge in [0.25, 0.3) is 5.56 Å². The lowest BCUT2D eigenvalue weighted by atomic mass is 9.99. The zero-order valence-electron chi connectivity index (χ0n) is 15.8. The summed E-state index contributed by atoms with van der Waals surface area (Å²) in [6.45, 7) is 5.92. The average Bonchev–Trinajstić information content (AvgIpc) is 2.62. The lowest BCUT2D eigenvalue weighted by Gasteiger charge is -2.28. The summed E-state index contributed by atoms with van der Waals surface area (Å²) < 4.78 is 29.3. The van der Waals surface area contributed by atoms with Gasteiger partial charge in [-0.15, -0.1) is 0 Å². The second kappa shape index (κ2) is 7.64. The fourth-order valence-electron chi connectivity index (χ4n) is 2.65. The summed E-state index contributed by atoms with van der Waals surface area (Å²) in [6.07, 6.45) is 1.64. The molecule has 0 bridgehead atoms. The van der Waals surface area contributed by atoms with E-state index in [-0.39, 0.29) is 18.2 Å². The second-order valence-corrected chi connectivity index (χ2v) is 9.16. The molecule has 3 rings (SSSR count). The van der Waals surface area contributed by atoms with Crippen molar-refractivity contribution in [1.82, 2.24) is 9.78 Å². The Balaban J connectivity index is 1.98. The number of hydrogen-bond donors (Lipinski definition) is 0. The highest BCUT2D eigenvalue weighted by molar-refractivity contribution is 7.85. The summed E-state index contributed by atoms with van der Waals surface area (Å²) in [5, 5.41) is 4.09. The lowest BCUT2D eigenvalue weighted by Crippen LogP contribution is -2.36. The third kappa shape index (κ3) is 4.44. The molecule has 0 radical (unpaired) electrons. The smallest absolute Gasteiger partial charge is 0.266 e. The van der Waals surface area contributed by atoms with Gasteiger partial charge in [0.2, 0.25) is 0 Å². The highest BCUT2D eigenvalue weighted by atomic mass is 32.2. The first-order valence-corrected chi connectivity index (χ1v) is 9.75. The first-order chi connectivity index (χ1) is 12.8. The number of aromatic nitrogens is 2. The predicted molar refractivity (Wildman–Crippen MR) is 105 cm³/mol. The normalized spacial score (nSPS) is 19.3. The van der Waals surface area contributed by atoms with Gasteiger partial charge < -0.3 is 9.47 Å². The van der Waals surface area contributed by atoms with Crippen LogP contribution in [0, 0.1) is 0 Å². The van der Waals surface area contributed by atoms with E-state index in [1.807, 2.05) is 32.9 Å². The van der Waals surface area contributed by atoms with Gasteiger partial charge in [-0.3, -0.25) is 4.79 Å². The van der Waals surface area contributed by atoms with Gasteiger partial charge in [0, 0.05) is 30.3 Å². The number of benzene rings is 1. The van der Waals surface area contributed by atoms with Gasteiger partial charge in [-0.2, -0.15) is 9.50 Å². The third-order valence-corrected chi connectivity index (χ3v) is 5.53. The average molecular weight is 389 g/mol. The van der Waals surface area contributed by atoms with E-state index >= 15 is 0 Å². The van der Waals surface area contributed by atoms with E-state index in [1.165, 1.54) is 10.7 Å². The molecule has 0 unspecified atom stereocenters. The van der Waals surface area contributed by atoms with Crippen molar-refractivity contribution in [2.45, 2.75) is 44.6 Å². The lowest BCUT2D eigenvalue weighted by molar-refractivity contribution is 0.173. The van der Waals surface area contributed by atoms with Gasteiger partial charge in [0.05, 0.1) is 24.1 Å². The maximum atomic E-state index is 12.6. The van der Waals surface area contributed by atoms with E-state index < -0.39 is 15.7 Å². The second-order valence-electron chi connectivity index (χ2n) is 7.25. The van der Waals surface area contributed by atoms with Crippen molar-refractivity contribution < 1.29 is 13.7 Å². The molecular formula is C19H23N3O4S. The van der Waals surface area contributed by atoms with Gasteiger partial charge in [0.15, 0.2) is 0 Å². The fraction of sp³-hybridized carbons (Fsp3) is 0.421. The maximum Gasteiger partial charge on any atom is 0.266 e. The van der Waals surface area contributed by atoms with Gasteiger partial charge in [-0.25, -0.2) is 8.89 Å². The highest BCUT2D eigenvalue weighted by Crippen LogP contribution is 2.33. The molecule has 1 aliphatic rings. The van der Waals surface area contributed by atoms with Crippen molar-refractivity contribution >= 4 is 16.7 Å². The molecule has 2 heterocycles. The third-order valence-electron chi connectivity index (χ3n) is 4.09. The van der Waals surface area contributed by atoms with E-state index in [9.17, 15) is 9.00 Å². The van der Waals surface area contributed by atoms with Gasteiger partial charge in [-0.05, 0) is 39.0 Å². The summed E-state index contributed by atoms with van der Waals surface area (Å²) in [4.78, 5) is 12.0. The van der Waals surface area contributed by atoms with Crippen LogP contribution in [-0.2, 0) is 17.5 Å². The van der Waals surface area contributed by atoms with Crippen LogP contribution in [0.15, 0.2) is 45.7 Å². The van der Waals surface area contributed by atoms with Gasteiger partial charge >= 0.3 is 0 Å². The molecule has 27 heavy (non-hydrogen) atoms. The summed E-state index contributed by atoms with van der Waals surface area (Å²) >= 11 is 0. The van der Waals surface area contributed by atoms with E-state index in [1.54, 1.807) is 25.4 Å². The zero-order chi connectivity index (χ0) is 19.6. The molecule has 1 aromatic carbocycles. The Kier molecular flexibility index (Phi) is 5.46. The van der Waals surface area contributed by atoms with Crippen LogP contribution in [0.5, 0.6) is 11.5 Å². The molecule has 0 N–H and O–H groups in total. The molecule has 7 nitrogen and oxygen atoms in total. The van der Waals surface area contributed by atoms with Crippen LogP contribution >= 0.6 is 0 Å². The topological polar surface area (TPSA) is 82.8 Å². The molecule has 0 saturated heterocycles. The molecule has 0 amide bonds. The first kappa shape index (κ1) is 19.3. The molecule has 0 saturated carbocycles. The first-order valence-electron chi connectivity index (χ1n) is 8.64. The Morgan fingerprint density at radius 1 is 1.37 bits per heavy atom. The summed E-state index contributed by atoms with van der Waals surface area (Å²) in [7, 11) is 0.184. The predicted octanol–water partition coefficient (Wildman–Crippen LogP) is 2.35. The monoisotopic (exact) mass is 389 g/mol. The Bertz CT molecular complexity index is 946. The molecule has 1 aliphatic heterocycles. The molecule has 2 atom stereocenters. The van der Waals surface area contributed by atoms with Crippen molar-refractivity contribution in [3.05, 3.63) is 52.4 Å². The zero-order valence-corrected chi connectivity index (χ0v) is 16.7. The number of fused-ring (bicyclic) bond motifs is 1. The number of rotatable bonds is 4. The Morgan fingerprint density at radius 3 is 2.81 bits per heavy atom. The number of ether oxygens (including phenoxy) is 2. The van der Waals surface area contributed by atoms with Crippen molar-refractivity contribution in [3.63, 3.8) is 0 Å². The fourth-order valence-corrected chi connectivity index (χ4v) is 3.30. The van der Waals surface area contributed by atoms with Crippen LogP contribution in [0.25, 0.3) is 0 Å². The summed E-state index contributed by atoms with van der Waals surface area (Å²) in [5.41, 5.74) is 1.29.